The molecule has 1 aromatic heterocycles. The van der Waals surface area contributed by atoms with Crippen molar-refractivity contribution in [2.24, 2.45) is 7.05 Å². The molecule has 1 aliphatic rings. The van der Waals surface area contributed by atoms with Crippen LogP contribution in [-0.4, -0.2) is 47.1 Å². The van der Waals surface area contributed by atoms with Crippen molar-refractivity contribution in [1.29, 1.82) is 0 Å². The fraction of sp³-hybridized carbons (Fsp3) is 0.375. The molecule has 10 heteroatoms. The van der Waals surface area contributed by atoms with Gasteiger partial charge in [0.2, 0.25) is 20.9 Å². The molecule has 0 radical (unpaired) electrons. The van der Waals surface area contributed by atoms with Crippen molar-refractivity contribution in [3.63, 3.8) is 0 Å². The number of nitrogens with zero attached hydrogens (tertiary/aromatic N) is 3. The van der Waals surface area contributed by atoms with Gasteiger partial charge in [0.1, 0.15) is 5.25 Å². The van der Waals surface area contributed by atoms with Crippen LogP contribution in [0.3, 0.4) is 0 Å². The predicted octanol–water partition coefficient (Wildman–Crippen LogP) is 1.67. The van der Waals surface area contributed by atoms with Gasteiger partial charge in [-0.3, -0.25) is 4.79 Å². The quantitative estimate of drug-likeness (QED) is 0.800. The van der Waals surface area contributed by atoms with E-state index in [1.54, 1.807) is 7.05 Å². The van der Waals surface area contributed by atoms with Gasteiger partial charge in [-0.15, -0.1) is 0 Å². The van der Waals surface area contributed by atoms with Gasteiger partial charge in [-0.05, 0) is 11.6 Å². The summed E-state index contributed by atoms with van der Waals surface area (Å²) in [6.07, 6.45) is -1.79. The highest BCUT2D eigenvalue weighted by molar-refractivity contribution is 7.92. The Kier molecular flexibility index (Phi) is 4.55. The van der Waals surface area contributed by atoms with Gasteiger partial charge in [0.05, 0.1) is 12.0 Å². The monoisotopic (exact) mass is 387 g/mol. The van der Waals surface area contributed by atoms with E-state index in [9.17, 15) is 26.4 Å². The lowest BCUT2D eigenvalue weighted by molar-refractivity contribution is -0.138. The molecule has 1 aliphatic heterocycles. The Morgan fingerprint density at radius 3 is 2.58 bits per heavy atom. The SMILES string of the molecule is Cn1ccnc1S(=O)(=O)C1CN(C(=O)Cc2cccc(C(F)(F)F)c2)C1. The number of aryl methyl sites for hydroxylation is 1. The number of rotatable bonds is 4. The van der Waals surface area contributed by atoms with Gasteiger partial charge in [0.15, 0.2) is 0 Å². The molecule has 1 aromatic carbocycles. The van der Waals surface area contributed by atoms with Crippen molar-refractivity contribution in [2.75, 3.05) is 13.1 Å². The van der Waals surface area contributed by atoms with Gasteiger partial charge in [0, 0.05) is 32.5 Å². The Bertz CT molecular complexity index is 931. The average Bonchev–Trinajstić information content (AvgIpc) is 2.91. The Morgan fingerprint density at radius 2 is 2.00 bits per heavy atom. The number of sulfone groups is 1. The minimum Gasteiger partial charge on any atom is -0.340 e. The van der Waals surface area contributed by atoms with Crippen molar-refractivity contribution >= 4 is 15.7 Å². The van der Waals surface area contributed by atoms with Crippen molar-refractivity contribution in [3.8, 4) is 0 Å². The smallest absolute Gasteiger partial charge is 0.340 e. The number of hydrogen-bond donors (Lipinski definition) is 0. The second-order valence-corrected chi connectivity index (χ2v) is 8.28. The standard InChI is InChI=1S/C16H16F3N3O3S/c1-21-6-5-20-15(21)26(24,25)13-9-22(10-13)14(23)8-11-3-2-4-12(7-11)16(17,18)19/h2-7,13H,8-10H2,1H3. The number of amides is 1. The molecule has 3 rings (SSSR count). The predicted molar refractivity (Wildman–Crippen MR) is 85.9 cm³/mol. The van der Waals surface area contributed by atoms with Gasteiger partial charge in [0.25, 0.3) is 0 Å². The largest absolute Gasteiger partial charge is 0.416 e. The summed E-state index contributed by atoms with van der Waals surface area (Å²) in [5.41, 5.74) is -0.582. The first kappa shape index (κ1) is 18.4. The van der Waals surface area contributed by atoms with E-state index in [-0.39, 0.29) is 30.2 Å². The second kappa shape index (κ2) is 6.42. The van der Waals surface area contributed by atoms with Gasteiger partial charge >= 0.3 is 6.18 Å². The van der Waals surface area contributed by atoms with E-state index in [0.717, 1.165) is 12.1 Å². The zero-order valence-electron chi connectivity index (χ0n) is 13.8. The molecule has 0 N–H and O–H groups in total. The lowest BCUT2D eigenvalue weighted by Crippen LogP contribution is -2.57. The summed E-state index contributed by atoms with van der Waals surface area (Å²) in [5.74, 6) is -0.407. The minimum absolute atomic E-state index is 0.00693. The molecule has 1 saturated heterocycles. The van der Waals surface area contributed by atoms with Crippen LogP contribution in [0.2, 0.25) is 0 Å². The number of carbonyl (C=O) groups is 1. The summed E-state index contributed by atoms with van der Waals surface area (Å²) < 4.78 is 64.4. The molecule has 1 amide bonds. The molecule has 140 valence electrons. The van der Waals surface area contributed by atoms with Gasteiger partial charge < -0.3 is 9.47 Å². The summed E-state index contributed by atoms with van der Waals surface area (Å²) >= 11 is 0. The lowest BCUT2D eigenvalue weighted by atomic mass is 10.1. The average molecular weight is 387 g/mol. The lowest BCUT2D eigenvalue weighted by Gasteiger charge is -2.38. The zero-order chi connectivity index (χ0) is 19.1. The number of benzene rings is 1. The molecule has 0 atom stereocenters. The molecular formula is C16H16F3N3O3S. The van der Waals surface area contributed by atoms with Crippen LogP contribution in [0.1, 0.15) is 11.1 Å². The number of likely N-dealkylation sites (tertiary alicyclic amines) is 1. The molecule has 0 aliphatic carbocycles. The normalized spacial score (nSPS) is 15.8. The maximum absolute atomic E-state index is 12.7. The summed E-state index contributed by atoms with van der Waals surface area (Å²) in [6.45, 7) is 0.0139. The number of alkyl halides is 3. The fourth-order valence-corrected chi connectivity index (χ4v) is 4.48. The van der Waals surface area contributed by atoms with Crippen LogP contribution < -0.4 is 0 Å². The molecule has 0 bridgehead atoms. The maximum Gasteiger partial charge on any atom is 0.416 e. The molecule has 0 unspecified atom stereocenters. The van der Waals surface area contributed by atoms with Crippen LogP contribution in [-0.2, 0) is 34.3 Å². The number of carbonyl (C=O) groups excluding carboxylic acids is 1. The van der Waals surface area contributed by atoms with Crippen molar-refractivity contribution < 1.29 is 26.4 Å². The topological polar surface area (TPSA) is 72.3 Å². The van der Waals surface area contributed by atoms with E-state index in [4.69, 9.17) is 0 Å². The summed E-state index contributed by atoms with van der Waals surface area (Å²) in [7, 11) is -2.08. The van der Waals surface area contributed by atoms with Crippen LogP contribution in [0.5, 0.6) is 0 Å². The van der Waals surface area contributed by atoms with Crippen LogP contribution in [0.15, 0.2) is 41.8 Å². The Labute approximate surface area is 148 Å². The van der Waals surface area contributed by atoms with E-state index < -0.39 is 32.7 Å². The highest BCUT2D eigenvalue weighted by atomic mass is 32.2. The Hall–Kier alpha value is -2.36. The molecular weight excluding hydrogens is 371 g/mol. The maximum atomic E-state index is 12.7. The number of aromatic nitrogens is 2. The first-order valence-corrected chi connectivity index (χ1v) is 9.29. The molecule has 6 nitrogen and oxygen atoms in total. The first-order chi connectivity index (χ1) is 12.1. The van der Waals surface area contributed by atoms with Crippen LogP contribution in [0.25, 0.3) is 0 Å². The highest BCUT2D eigenvalue weighted by Gasteiger charge is 2.42. The zero-order valence-corrected chi connectivity index (χ0v) is 14.6. The van der Waals surface area contributed by atoms with Crippen LogP contribution >= 0.6 is 0 Å². The van der Waals surface area contributed by atoms with Crippen molar-refractivity contribution in [1.82, 2.24) is 14.5 Å². The Balaban J connectivity index is 1.63. The van der Waals surface area contributed by atoms with E-state index >= 15 is 0 Å². The van der Waals surface area contributed by atoms with E-state index in [1.807, 2.05) is 0 Å². The van der Waals surface area contributed by atoms with Gasteiger partial charge in [-0.1, -0.05) is 18.2 Å². The third-order valence-corrected chi connectivity index (χ3v) is 6.36. The fourth-order valence-electron chi connectivity index (χ4n) is 2.76. The minimum atomic E-state index is -4.48. The molecule has 2 heterocycles. The first-order valence-electron chi connectivity index (χ1n) is 7.74. The highest BCUT2D eigenvalue weighted by Crippen LogP contribution is 2.30. The molecule has 1 fully saturated rings. The molecule has 26 heavy (non-hydrogen) atoms. The van der Waals surface area contributed by atoms with Gasteiger partial charge in [-0.25, -0.2) is 13.4 Å². The van der Waals surface area contributed by atoms with E-state index in [2.05, 4.69) is 4.98 Å². The number of imidazole rings is 1. The van der Waals surface area contributed by atoms with Crippen molar-refractivity contribution in [2.45, 2.75) is 23.0 Å². The third-order valence-electron chi connectivity index (χ3n) is 4.28. The molecule has 2 aromatic rings. The number of halogens is 3. The van der Waals surface area contributed by atoms with E-state index in [0.29, 0.717) is 0 Å². The summed E-state index contributed by atoms with van der Waals surface area (Å²) in [4.78, 5) is 17.4. The summed E-state index contributed by atoms with van der Waals surface area (Å²) in [5, 5.41) is -0.818. The van der Waals surface area contributed by atoms with Crippen LogP contribution in [0.4, 0.5) is 13.2 Å². The van der Waals surface area contributed by atoms with Gasteiger partial charge in [-0.2, -0.15) is 13.2 Å². The second-order valence-electron chi connectivity index (χ2n) is 6.16. The molecule has 0 saturated carbocycles. The van der Waals surface area contributed by atoms with E-state index in [1.165, 1.54) is 34.0 Å². The molecule has 0 spiro atoms. The summed E-state index contributed by atoms with van der Waals surface area (Å²) in [6, 6.07) is 4.55. The Morgan fingerprint density at radius 1 is 1.31 bits per heavy atom. The number of hydrogen-bond acceptors (Lipinski definition) is 4. The third kappa shape index (κ3) is 3.46. The van der Waals surface area contributed by atoms with Crippen LogP contribution in [0, 0.1) is 0 Å². The van der Waals surface area contributed by atoms with Crippen molar-refractivity contribution in [3.05, 3.63) is 47.8 Å².